The van der Waals surface area contributed by atoms with Crippen molar-refractivity contribution >= 4 is 43.2 Å². The molecule has 34 heavy (non-hydrogen) atoms. The van der Waals surface area contributed by atoms with E-state index in [0.717, 1.165) is 48.0 Å². The molecule has 5 rings (SSSR count). The Morgan fingerprint density at radius 3 is 2.82 bits per heavy atom. The molecule has 0 spiro atoms. The monoisotopic (exact) mass is 500 g/mol. The van der Waals surface area contributed by atoms with Gasteiger partial charge in [0, 0.05) is 18.1 Å². The Morgan fingerprint density at radius 2 is 2.09 bits per heavy atom. The minimum atomic E-state index is -4.26. The van der Waals surface area contributed by atoms with Gasteiger partial charge in [-0.1, -0.05) is 30.3 Å². The lowest BCUT2D eigenvalue weighted by molar-refractivity contribution is 0.473. The maximum atomic E-state index is 15.3. The molecule has 0 bridgehead atoms. The van der Waals surface area contributed by atoms with Crippen LogP contribution in [0.4, 0.5) is 9.52 Å². The number of hydrogen-bond acceptors (Lipinski definition) is 7. The van der Waals surface area contributed by atoms with Gasteiger partial charge in [-0.2, -0.15) is 0 Å². The predicted molar refractivity (Wildman–Crippen MR) is 129 cm³/mol. The Hall–Kier alpha value is -3.28. The van der Waals surface area contributed by atoms with E-state index < -0.39 is 38.1 Å². The Kier molecular flexibility index (Phi) is 5.84. The number of benzene rings is 2. The number of anilines is 1. The number of thiazole rings is 1. The highest BCUT2D eigenvalue weighted by molar-refractivity contribution is 7.93. The SMILES string of the molecule is C[C@@H](c1ccccc1C1=CCNCC1)n1c(=O)oc2c(F)c(S(=O)(=O)Nc3nccs3)ccc21. The smallest absolute Gasteiger partial charge is 0.404 e. The lowest BCUT2D eigenvalue weighted by atomic mass is 9.92. The fourth-order valence-electron chi connectivity index (χ4n) is 4.23. The van der Waals surface area contributed by atoms with E-state index in [4.69, 9.17) is 4.42 Å². The third kappa shape index (κ3) is 3.95. The van der Waals surface area contributed by atoms with Crippen molar-refractivity contribution in [3.63, 3.8) is 0 Å². The summed E-state index contributed by atoms with van der Waals surface area (Å²) in [6, 6.07) is 9.82. The van der Waals surface area contributed by atoms with E-state index in [9.17, 15) is 13.2 Å². The van der Waals surface area contributed by atoms with E-state index >= 15 is 4.39 Å². The fourth-order valence-corrected chi connectivity index (χ4v) is 6.09. The number of fused-ring (bicyclic) bond motifs is 1. The van der Waals surface area contributed by atoms with Gasteiger partial charge in [-0.3, -0.25) is 9.29 Å². The van der Waals surface area contributed by atoms with Crippen molar-refractivity contribution in [2.75, 3.05) is 17.8 Å². The zero-order chi connectivity index (χ0) is 23.9. The van der Waals surface area contributed by atoms with Crippen LogP contribution >= 0.6 is 11.3 Å². The summed E-state index contributed by atoms with van der Waals surface area (Å²) in [5.41, 5.74) is 2.86. The molecule has 3 heterocycles. The second kappa shape index (κ2) is 8.82. The standard InChI is InChI=1S/C23H21FN4O4S2/c1-14(16-4-2-3-5-17(16)15-8-10-25-11-9-15)28-18-6-7-19(20(24)21(18)32-23(28)29)34(30,31)27-22-26-12-13-33-22/h2-8,12-14,25H,9-11H2,1H3,(H,26,27)/t14-/m0/s1. The minimum Gasteiger partial charge on any atom is -0.404 e. The highest BCUT2D eigenvalue weighted by atomic mass is 32.2. The zero-order valence-corrected chi connectivity index (χ0v) is 19.7. The van der Waals surface area contributed by atoms with E-state index in [0.29, 0.717) is 0 Å². The molecule has 0 radical (unpaired) electrons. The summed E-state index contributed by atoms with van der Waals surface area (Å²) in [6.45, 7) is 3.47. The highest BCUT2D eigenvalue weighted by Gasteiger charge is 2.27. The van der Waals surface area contributed by atoms with Crippen LogP contribution < -0.4 is 15.8 Å². The third-order valence-corrected chi connectivity index (χ3v) is 8.01. The minimum absolute atomic E-state index is 0.107. The molecule has 0 saturated carbocycles. The van der Waals surface area contributed by atoms with Gasteiger partial charge in [0.1, 0.15) is 4.90 Å². The van der Waals surface area contributed by atoms with Crippen LogP contribution in [0, 0.1) is 5.82 Å². The van der Waals surface area contributed by atoms with Crippen molar-refractivity contribution in [1.82, 2.24) is 14.9 Å². The lowest BCUT2D eigenvalue weighted by Gasteiger charge is -2.21. The van der Waals surface area contributed by atoms with Gasteiger partial charge in [-0.15, -0.1) is 11.3 Å². The largest absolute Gasteiger partial charge is 0.420 e. The van der Waals surface area contributed by atoms with E-state index in [1.165, 1.54) is 22.4 Å². The molecule has 176 valence electrons. The molecule has 4 aromatic rings. The Balaban J connectivity index is 1.59. The lowest BCUT2D eigenvalue weighted by Crippen LogP contribution is -2.22. The number of halogens is 1. The predicted octanol–water partition coefficient (Wildman–Crippen LogP) is 3.98. The van der Waals surface area contributed by atoms with Gasteiger partial charge < -0.3 is 9.73 Å². The van der Waals surface area contributed by atoms with E-state index in [-0.39, 0.29) is 10.6 Å². The molecule has 0 amide bonds. The van der Waals surface area contributed by atoms with Crippen molar-refractivity contribution in [3.8, 4) is 0 Å². The second-order valence-corrected chi connectivity index (χ2v) is 10.4. The molecular formula is C23H21FN4O4S2. The first-order valence-corrected chi connectivity index (χ1v) is 13.0. The summed E-state index contributed by atoms with van der Waals surface area (Å²) in [5, 5.41) is 4.99. The topological polar surface area (TPSA) is 106 Å². The van der Waals surface area contributed by atoms with Crippen molar-refractivity contribution in [3.05, 3.63) is 81.5 Å². The van der Waals surface area contributed by atoms with Crippen molar-refractivity contribution in [1.29, 1.82) is 0 Å². The first-order valence-electron chi connectivity index (χ1n) is 10.6. The van der Waals surface area contributed by atoms with Gasteiger partial charge in [-0.25, -0.2) is 22.6 Å². The number of aromatic nitrogens is 2. The summed E-state index contributed by atoms with van der Waals surface area (Å²) < 4.78 is 49.6. The number of nitrogens with zero attached hydrogens (tertiary/aromatic N) is 2. The van der Waals surface area contributed by atoms with Gasteiger partial charge in [0.15, 0.2) is 16.5 Å². The van der Waals surface area contributed by atoms with Gasteiger partial charge in [0.25, 0.3) is 10.0 Å². The summed E-state index contributed by atoms with van der Waals surface area (Å²) in [4.78, 5) is 16.1. The summed E-state index contributed by atoms with van der Waals surface area (Å²) in [7, 11) is -4.26. The zero-order valence-electron chi connectivity index (χ0n) is 18.1. The summed E-state index contributed by atoms with van der Waals surface area (Å²) in [5.74, 6) is -1.89. The molecule has 1 atom stereocenters. The molecule has 0 aliphatic carbocycles. The van der Waals surface area contributed by atoms with Crippen LogP contribution in [0.5, 0.6) is 0 Å². The normalized spacial score (nSPS) is 15.3. The van der Waals surface area contributed by atoms with Crippen LogP contribution in [0.15, 0.2) is 68.2 Å². The molecule has 0 saturated heterocycles. The van der Waals surface area contributed by atoms with Crippen LogP contribution in [0.3, 0.4) is 0 Å². The molecule has 1 aliphatic heterocycles. The molecule has 0 fully saturated rings. The Morgan fingerprint density at radius 1 is 1.26 bits per heavy atom. The molecule has 2 N–H and O–H groups in total. The van der Waals surface area contributed by atoms with Crippen molar-refractivity contribution < 1.29 is 17.2 Å². The van der Waals surface area contributed by atoms with Gasteiger partial charge in [0.05, 0.1) is 11.6 Å². The number of hydrogen-bond donors (Lipinski definition) is 2. The Labute approximate surface area is 198 Å². The van der Waals surface area contributed by atoms with Gasteiger partial charge >= 0.3 is 5.76 Å². The molecule has 11 heteroatoms. The number of sulfonamides is 1. The molecule has 1 aliphatic rings. The second-order valence-electron chi connectivity index (χ2n) is 7.85. The molecule has 0 unspecified atom stereocenters. The average molecular weight is 501 g/mol. The van der Waals surface area contributed by atoms with E-state index in [2.05, 4.69) is 21.1 Å². The van der Waals surface area contributed by atoms with Crippen LogP contribution in [0.1, 0.15) is 30.5 Å². The molecular weight excluding hydrogens is 479 g/mol. The quantitative estimate of drug-likeness (QED) is 0.415. The first-order chi connectivity index (χ1) is 16.4. The Bertz CT molecular complexity index is 1560. The first kappa shape index (κ1) is 22.5. The number of oxazole rings is 1. The molecule has 8 nitrogen and oxygen atoms in total. The summed E-state index contributed by atoms with van der Waals surface area (Å²) in [6.07, 6.45) is 4.41. The van der Waals surface area contributed by atoms with Crippen molar-refractivity contribution in [2.45, 2.75) is 24.3 Å². The number of nitrogens with one attached hydrogen (secondary N) is 2. The molecule has 2 aromatic carbocycles. The number of rotatable bonds is 6. The van der Waals surface area contributed by atoms with Crippen LogP contribution in [0.2, 0.25) is 0 Å². The van der Waals surface area contributed by atoms with E-state index in [1.54, 1.807) is 5.38 Å². The van der Waals surface area contributed by atoms with Crippen molar-refractivity contribution in [2.24, 2.45) is 0 Å². The van der Waals surface area contributed by atoms with E-state index in [1.807, 2.05) is 31.2 Å². The van der Waals surface area contributed by atoms with Gasteiger partial charge in [-0.05, 0) is 48.7 Å². The fraction of sp³-hybridized carbons (Fsp3) is 0.217. The molecule has 2 aromatic heterocycles. The van der Waals surface area contributed by atoms with Crippen LogP contribution in [-0.2, 0) is 10.0 Å². The highest BCUT2D eigenvalue weighted by Crippen LogP contribution is 2.32. The van der Waals surface area contributed by atoms with Crippen LogP contribution in [0.25, 0.3) is 16.7 Å². The maximum absolute atomic E-state index is 15.3. The summed E-state index contributed by atoms with van der Waals surface area (Å²) >= 11 is 1.07. The van der Waals surface area contributed by atoms with Gasteiger partial charge in [0.2, 0.25) is 0 Å². The van der Waals surface area contributed by atoms with Crippen LogP contribution in [-0.4, -0.2) is 31.1 Å². The maximum Gasteiger partial charge on any atom is 0.420 e. The third-order valence-electron chi connectivity index (χ3n) is 5.84. The average Bonchev–Trinajstić information content (AvgIpc) is 3.46.